The molecule has 4 nitrogen and oxygen atoms in total. The molecule has 1 aromatic carbocycles. The normalized spacial score (nSPS) is 19.0. The third-order valence-electron chi connectivity index (χ3n) is 3.26. The van der Waals surface area contributed by atoms with Crippen LogP contribution in [-0.2, 0) is 0 Å². The number of phenolic OH excluding ortho intramolecular Hbond substituents is 1. The van der Waals surface area contributed by atoms with Crippen molar-refractivity contribution < 1.29 is 22.7 Å². The maximum absolute atomic E-state index is 13.3. The molecule has 1 fully saturated rings. The van der Waals surface area contributed by atoms with Gasteiger partial charge in [-0.1, -0.05) is 0 Å². The highest BCUT2D eigenvalue weighted by molar-refractivity contribution is 5.57. The van der Waals surface area contributed by atoms with Gasteiger partial charge in [-0.15, -0.1) is 0 Å². The molecule has 0 aliphatic carbocycles. The van der Waals surface area contributed by atoms with E-state index < -0.39 is 35.0 Å². The average Bonchev–Trinajstić information content (AvgIpc) is 2.35. The summed E-state index contributed by atoms with van der Waals surface area (Å²) >= 11 is 0. The number of aromatic hydroxyl groups is 1. The lowest BCUT2D eigenvalue weighted by Gasteiger charge is -2.36. The fourth-order valence-corrected chi connectivity index (χ4v) is 2.37. The molecular weight excluding hydrogens is 278 g/mol. The molecule has 1 saturated heterocycles. The van der Waals surface area contributed by atoms with E-state index in [1.165, 1.54) is 0 Å². The maximum atomic E-state index is 13.3. The van der Waals surface area contributed by atoms with Gasteiger partial charge in [0.1, 0.15) is 17.6 Å². The van der Waals surface area contributed by atoms with Crippen LogP contribution >= 0.6 is 0 Å². The summed E-state index contributed by atoms with van der Waals surface area (Å²) in [6.45, 7) is 1.11. The highest BCUT2D eigenvalue weighted by Crippen LogP contribution is 2.43. The zero-order chi connectivity index (χ0) is 14.9. The van der Waals surface area contributed by atoms with Gasteiger partial charge in [0.15, 0.2) is 0 Å². The van der Waals surface area contributed by atoms with Crippen LogP contribution in [0.15, 0.2) is 12.1 Å². The fraction of sp³-hybridized carbons (Fsp3) is 0.500. The van der Waals surface area contributed by atoms with Gasteiger partial charge in [0.2, 0.25) is 0 Å². The number of benzene rings is 1. The summed E-state index contributed by atoms with van der Waals surface area (Å²) in [6.07, 6.45) is -4.63. The molecule has 20 heavy (non-hydrogen) atoms. The summed E-state index contributed by atoms with van der Waals surface area (Å²) in [7, 11) is 0. The molecule has 1 aromatic rings. The number of piperazine rings is 1. The lowest BCUT2D eigenvalue weighted by Crippen LogP contribution is -2.49. The summed E-state index contributed by atoms with van der Waals surface area (Å²) in [4.78, 5) is 1.16. The topological polar surface area (TPSA) is 61.5 Å². The molecule has 0 aromatic heterocycles. The van der Waals surface area contributed by atoms with Gasteiger partial charge in [0.25, 0.3) is 0 Å². The minimum atomic E-state index is -4.63. The van der Waals surface area contributed by atoms with Gasteiger partial charge >= 0.3 is 6.18 Å². The van der Waals surface area contributed by atoms with Crippen molar-refractivity contribution in [3.05, 3.63) is 23.5 Å². The summed E-state index contributed by atoms with van der Waals surface area (Å²) in [5.41, 5.74) is 4.40. The van der Waals surface area contributed by atoms with Crippen molar-refractivity contribution in [3.8, 4) is 5.75 Å². The Morgan fingerprint density at radius 1 is 1.25 bits per heavy atom. The number of hydrogen-bond donors (Lipinski definition) is 3. The molecule has 0 amide bonds. The van der Waals surface area contributed by atoms with Gasteiger partial charge < -0.3 is 16.2 Å². The molecule has 0 saturated carbocycles. The van der Waals surface area contributed by atoms with Crippen molar-refractivity contribution >= 4 is 5.69 Å². The van der Waals surface area contributed by atoms with Crippen LogP contribution in [0.25, 0.3) is 0 Å². The molecule has 1 aliphatic heterocycles. The Balaban J connectivity index is 2.46. The lowest BCUT2D eigenvalue weighted by atomic mass is 10.0. The molecule has 1 atom stereocenters. The first kappa shape index (κ1) is 14.9. The zero-order valence-corrected chi connectivity index (χ0v) is 10.5. The first-order valence-electron chi connectivity index (χ1n) is 6.10. The Labute approximate surface area is 113 Å². The van der Waals surface area contributed by atoms with Crippen LogP contribution in [0.2, 0.25) is 0 Å². The highest BCUT2D eigenvalue weighted by atomic mass is 19.4. The Hall–Kier alpha value is -1.54. The minimum Gasteiger partial charge on any atom is -0.505 e. The first-order valence-corrected chi connectivity index (χ1v) is 6.10. The number of rotatable bonds is 2. The van der Waals surface area contributed by atoms with E-state index in [0.29, 0.717) is 19.2 Å². The molecular formula is C12H15F4N3O. The number of nitrogens with two attached hydrogens (primary N) is 1. The van der Waals surface area contributed by atoms with Crippen LogP contribution in [-0.4, -0.2) is 42.4 Å². The molecule has 8 heteroatoms. The quantitative estimate of drug-likeness (QED) is 0.440. The number of nitrogens with one attached hydrogen (secondary N) is 1. The second-order valence-corrected chi connectivity index (χ2v) is 4.66. The Morgan fingerprint density at radius 3 is 2.40 bits per heavy atom. The molecule has 2 rings (SSSR count). The number of anilines is 1. The van der Waals surface area contributed by atoms with E-state index in [-0.39, 0.29) is 13.1 Å². The Bertz CT molecular complexity index is 486. The number of halogens is 4. The molecule has 0 spiro atoms. The third-order valence-corrected chi connectivity index (χ3v) is 3.26. The average molecular weight is 293 g/mol. The molecule has 112 valence electrons. The van der Waals surface area contributed by atoms with Crippen LogP contribution in [0.5, 0.6) is 5.75 Å². The summed E-state index contributed by atoms with van der Waals surface area (Å²) < 4.78 is 53.2. The monoisotopic (exact) mass is 293 g/mol. The Morgan fingerprint density at radius 2 is 1.85 bits per heavy atom. The van der Waals surface area contributed by atoms with Gasteiger partial charge in [-0.3, -0.25) is 4.90 Å². The predicted molar refractivity (Wildman–Crippen MR) is 65.7 cm³/mol. The largest absolute Gasteiger partial charge is 0.505 e. The second-order valence-electron chi connectivity index (χ2n) is 4.66. The number of nitrogen functional groups attached to an aromatic ring is 1. The first-order chi connectivity index (χ1) is 9.30. The second kappa shape index (κ2) is 5.45. The summed E-state index contributed by atoms with van der Waals surface area (Å²) in [6, 6.07) is -0.585. The lowest BCUT2D eigenvalue weighted by molar-refractivity contribution is -0.188. The third kappa shape index (κ3) is 2.96. The van der Waals surface area contributed by atoms with Crippen molar-refractivity contribution in [1.29, 1.82) is 0 Å². The van der Waals surface area contributed by atoms with E-state index in [1.807, 2.05) is 0 Å². The maximum Gasteiger partial charge on any atom is 0.408 e. The zero-order valence-electron chi connectivity index (χ0n) is 10.5. The predicted octanol–water partition coefficient (Wildman–Crippen LogP) is 1.62. The molecule has 0 unspecified atom stereocenters. The number of phenols is 1. The van der Waals surface area contributed by atoms with Crippen molar-refractivity contribution in [2.24, 2.45) is 0 Å². The summed E-state index contributed by atoms with van der Waals surface area (Å²) in [5.74, 6) is -1.62. The van der Waals surface area contributed by atoms with Gasteiger partial charge in [0, 0.05) is 37.8 Å². The fourth-order valence-electron chi connectivity index (χ4n) is 2.37. The SMILES string of the molecule is Nc1cc(F)cc([C@H](N2CCNCC2)C(F)(F)F)c1O. The van der Waals surface area contributed by atoms with Crippen molar-refractivity contribution in [3.63, 3.8) is 0 Å². The minimum absolute atomic E-state index is 0.153. The molecule has 0 bridgehead atoms. The van der Waals surface area contributed by atoms with Crippen molar-refractivity contribution in [1.82, 2.24) is 10.2 Å². The molecule has 4 N–H and O–H groups in total. The summed E-state index contributed by atoms with van der Waals surface area (Å²) in [5, 5.41) is 12.7. The molecule has 1 heterocycles. The molecule has 0 radical (unpaired) electrons. The van der Waals surface area contributed by atoms with Crippen molar-refractivity contribution in [2.45, 2.75) is 12.2 Å². The van der Waals surface area contributed by atoms with Crippen LogP contribution in [0.4, 0.5) is 23.2 Å². The van der Waals surface area contributed by atoms with Crippen LogP contribution in [0.1, 0.15) is 11.6 Å². The van der Waals surface area contributed by atoms with Gasteiger partial charge in [0.05, 0.1) is 5.69 Å². The standard InChI is InChI=1S/C12H15F4N3O/c13-7-5-8(10(20)9(17)6-7)11(12(14,15)16)19-3-1-18-2-4-19/h5-6,11,18,20H,1-4,17H2/t11-/m0/s1. The van der Waals surface area contributed by atoms with E-state index in [0.717, 1.165) is 11.0 Å². The molecule has 1 aliphatic rings. The van der Waals surface area contributed by atoms with E-state index in [9.17, 15) is 22.7 Å². The van der Waals surface area contributed by atoms with Crippen LogP contribution in [0, 0.1) is 5.82 Å². The van der Waals surface area contributed by atoms with Gasteiger partial charge in [-0.2, -0.15) is 13.2 Å². The van der Waals surface area contributed by atoms with E-state index in [4.69, 9.17) is 5.73 Å². The smallest absolute Gasteiger partial charge is 0.408 e. The van der Waals surface area contributed by atoms with Crippen LogP contribution in [0.3, 0.4) is 0 Å². The van der Waals surface area contributed by atoms with E-state index in [1.54, 1.807) is 0 Å². The number of hydrogen-bond acceptors (Lipinski definition) is 4. The Kier molecular flexibility index (Phi) is 4.05. The highest BCUT2D eigenvalue weighted by Gasteiger charge is 2.46. The van der Waals surface area contributed by atoms with Crippen LogP contribution < -0.4 is 11.1 Å². The van der Waals surface area contributed by atoms with Gasteiger partial charge in [-0.25, -0.2) is 4.39 Å². The number of nitrogens with zero attached hydrogens (tertiary/aromatic N) is 1. The number of alkyl halides is 3. The van der Waals surface area contributed by atoms with E-state index >= 15 is 0 Å². The van der Waals surface area contributed by atoms with E-state index in [2.05, 4.69) is 5.32 Å². The van der Waals surface area contributed by atoms with Crippen molar-refractivity contribution in [2.75, 3.05) is 31.9 Å². The van der Waals surface area contributed by atoms with Gasteiger partial charge in [-0.05, 0) is 6.07 Å².